The van der Waals surface area contributed by atoms with Crippen molar-refractivity contribution >= 4 is 11.8 Å². The van der Waals surface area contributed by atoms with Crippen molar-refractivity contribution in [3.05, 3.63) is 29.8 Å². The zero-order chi connectivity index (χ0) is 11.1. The van der Waals surface area contributed by atoms with Crippen LogP contribution in [0.25, 0.3) is 0 Å². The van der Waals surface area contributed by atoms with Gasteiger partial charge in [0, 0.05) is 5.75 Å². The molecular formula is C12H15NOS. The third-order valence-corrected chi connectivity index (χ3v) is 2.87. The first kappa shape index (κ1) is 11.9. The van der Waals surface area contributed by atoms with Crippen LogP contribution >= 0.6 is 11.8 Å². The minimum absolute atomic E-state index is 0.604. The predicted molar refractivity (Wildman–Crippen MR) is 64.2 cm³/mol. The summed E-state index contributed by atoms with van der Waals surface area (Å²) in [6.07, 6.45) is 0. The zero-order valence-electron chi connectivity index (χ0n) is 9.06. The molecule has 0 aliphatic heterocycles. The van der Waals surface area contributed by atoms with E-state index in [-0.39, 0.29) is 0 Å². The molecule has 0 atom stereocenters. The molecule has 1 aromatic rings. The van der Waals surface area contributed by atoms with E-state index in [9.17, 15) is 0 Å². The monoisotopic (exact) mass is 221 g/mol. The molecule has 0 saturated carbocycles. The molecule has 0 aromatic heterocycles. The van der Waals surface area contributed by atoms with Crippen molar-refractivity contribution in [1.29, 1.82) is 5.26 Å². The Balaban J connectivity index is 2.41. The largest absolute Gasteiger partial charge is 0.491 e. The van der Waals surface area contributed by atoms with Crippen molar-refractivity contribution in [2.45, 2.75) is 19.1 Å². The number of nitriles is 1. The molecule has 0 amide bonds. The van der Waals surface area contributed by atoms with Gasteiger partial charge in [-0.25, -0.2) is 0 Å². The molecule has 0 N–H and O–H groups in total. The van der Waals surface area contributed by atoms with Gasteiger partial charge in [0.2, 0.25) is 0 Å². The third-order valence-electron chi connectivity index (χ3n) is 1.80. The fraction of sp³-hybridized carbons (Fsp3) is 0.417. The number of hydrogen-bond donors (Lipinski definition) is 0. The highest BCUT2D eigenvalue weighted by Gasteiger charge is 2.01. The summed E-state index contributed by atoms with van der Waals surface area (Å²) in [7, 11) is 0. The lowest BCUT2D eigenvalue weighted by atomic mass is 10.2. The average molecular weight is 221 g/mol. The van der Waals surface area contributed by atoms with Gasteiger partial charge in [0.25, 0.3) is 0 Å². The second kappa shape index (κ2) is 6.36. The van der Waals surface area contributed by atoms with Gasteiger partial charge < -0.3 is 4.74 Å². The van der Waals surface area contributed by atoms with Crippen LogP contribution in [0.15, 0.2) is 24.3 Å². The minimum Gasteiger partial charge on any atom is -0.491 e. The highest BCUT2D eigenvalue weighted by Crippen LogP contribution is 2.17. The van der Waals surface area contributed by atoms with Gasteiger partial charge in [-0.2, -0.15) is 17.0 Å². The summed E-state index contributed by atoms with van der Waals surface area (Å²) in [6.45, 7) is 4.98. The Bertz CT molecular complexity index is 344. The van der Waals surface area contributed by atoms with E-state index < -0.39 is 0 Å². The van der Waals surface area contributed by atoms with E-state index >= 15 is 0 Å². The second-order valence-corrected chi connectivity index (χ2v) is 5.06. The molecule has 0 aliphatic carbocycles. The van der Waals surface area contributed by atoms with Crippen LogP contribution < -0.4 is 4.74 Å². The molecule has 0 spiro atoms. The van der Waals surface area contributed by atoms with Crippen LogP contribution in [-0.4, -0.2) is 17.6 Å². The maximum atomic E-state index is 8.83. The van der Waals surface area contributed by atoms with Gasteiger partial charge in [-0.05, 0) is 17.4 Å². The fourth-order valence-corrected chi connectivity index (χ4v) is 1.77. The van der Waals surface area contributed by atoms with E-state index in [0.717, 1.165) is 5.75 Å². The van der Waals surface area contributed by atoms with E-state index in [1.54, 1.807) is 6.07 Å². The van der Waals surface area contributed by atoms with E-state index in [1.807, 2.05) is 30.0 Å². The van der Waals surface area contributed by atoms with Crippen LogP contribution in [0.2, 0.25) is 0 Å². The highest BCUT2D eigenvalue weighted by atomic mass is 32.2. The standard InChI is InChI=1S/C12H15NOS/c1-10(2)15-8-7-14-12-6-4-3-5-11(12)9-13/h3-6,10H,7-8H2,1-2H3. The molecule has 0 saturated heterocycles. The first-order valence-electron chi connectivity index (χ1n) is 4.97. The second-order valence-electron chi connectivity index (χ2n) is 3.38. The summed E-state index contributed by atoms with van der Waals surface area (Å²) < 4.78 is 5.54. The van der Waals surface area contributed by atoms with Gasteiger partial charge >= 0.3 is 0 Å². The number of benzene rings is 1. The maximum absolute atomic E-state index is 8.83. The molecule has 0 unspecified atom stereocenters. The summed E-state index contributed by atoms with van der Waals surface area (Å²) in [5, 5.41) is 9.45. The van der Waals surface area contributed by atoms with Crippen molar-refractivity contribution in [3.63, 3.8) is 0 Å². The van der Waals surface area contributed by atoms with Crippen molar-refractivity contribution in [3.8, 4) is 11.8 Å². The van der Waals surface area contributed by atoms with E-state index in [2.05, 4.69) is 19.9 Å². The Morgan fingerprint density at radius 2 is 2.13 bits per heavy atom. The van der Waals surface area contributed by atoms with Crippen LogP contribution in [0.3, 0.4) is 0 Å². The molecular weight excluding hydrogens is 206 g/mol. The number of ether oxygens (including phenoxy) is 1. The van der Waals surface area contributed by atoms with Gasteiger partial charge in [-0.3, -0.25) is 0 Å². The molecule has 1 aromatic carbocycles. The molecule has 0 aliphatic rings. The molecule has 0 heterocycles. The molecule has 0 radical (unpaired) electrons. The lowest BCUT2D eigenvalue weighted by Gasteiger charge is -2.08. The summed E-state index contributed by atoms with van der Waals surface area (Å²) in [4.78, 5) is 0. The Morgan fingerprint density at radius 3 is 2.80 bits per heavy atom. The Hall–Kier alpha value is -1.14. The molecule has 0 fully saturated rings. The van der Waals surface area contributed by atoms with E-state index in [0.29, 0.717) is 23.2 Å². The summed E-state index contributed by atoms with van der Waals surface area (Å²) in [5.74, 6) is 1.64. The van der Waals surface area contributed by atoms with Gasteiger partial charge in [0.1, 0.15) is 11.8 Å². The molecule has 0 bridgehead atoms. The Kier molecular flexibility index (Phi) is 5.06. The Labute approximate surface area is 95.3 Å². The zero-order valence-corrected chi connectivity index (χ0v) is 9.88. The summed E-state index contributed by atoms with van der Waals surface area (Å²) >= 11 is 1.86. The number of rotatable bonds is 5. The van der Waals surface area contributed by atoms with Crippen LogP contribution in [0.1, 0.15) is 19.4 Å². The van der Waals surface area contributed by atoms with Crippen LogP contribution in [0, 0.1) is 11.3 Å². The lowest BCUT2D eigenvalue weighted by Crippen LogP contribution is -2.03. The van der Waals surface area contributed by atoms with Crippen molar-refractivity contribution in [1.82, 2.24) is 0 Å². The number of thioether (sulfide) groups is 1. The van der Waals surface area contributed by atoms with Gasteiger partial charge in [0.15, 0.2) is 0 Å². The highest BCUT2D eigenvalue weighted by molar-refractivity contribution is 7.99. The van der Waals surface area contributed by atoms with Gasteiger partial charge in [0.05, 0.1) is 12.2 Å². The van der Waals surface area contributed by atoms with Gasteiger partial charge in [-0.1, -0.05) is 26.0 Å². The molecule has 1 rings (SSSR count). The van der Waals surface area contributed by atoms with Crippen molar-refractivity contribution in [2.24, 2.45) is 0 Å². The van der Waals surface area contributed by atoms with E-state index in [1.165, 1.54) is 0 Å². The summed E-state index contributed by atoms with van der Waals surface area (Å²) in [6, 6.07) is 9.44. The molecule has 2 nitrogen and oxygen atoms in total. The number of nitrogens with zero attached hydrogens (tertiary/aromatic N) is 1. The quantitative estimate of drug-likeness (QED) is 0.716. The predicted octanol–water partition coefficient (Wildman–Crippen LogP) is 3.08. The molecule has 80 valence electrons. The third kappa shape index (κ3) is 4.26. The first-order chi connectivity index (χ1) is 7.24. The topological polar surface area (TPSA) is 33.0 Å². The first-order valence-corrected chi connectivity index (χ1v) is 6.02. The van der Waals surface area contributed by atoms with Crippen LogP contribution in [-0.2, 0) is 0 Å². The molecule has 3 heteroatoms. The maximum Gasteiger partial charge on any atom is 0.137 e. The normalized spacial score (nSPS) is 10.0. The minimum atomic E-state index is 0.604. The van der Waals surface area contributed by atoms with Gasteiger partial charge in [-0.15, -0.1) is 0 Å². The SMILES string of the molecule is CC(C)SCCOc1ccccc1C#N. The smallest absolute Gasteiger partial charge is 0.137 e. The van der Waals surface area contributed by atoms with Crippen LogP contribution in [0.5, 0.6) is 5.75 Å². The Morgan fingerprint density at radius 1 is 1.40 bits per heavy atom. The molecule has 15 heavy (non-hydrogen) atoms. The fourth-order valence-electron chi connectivity index (χ4n) is 1.12. The number of hydrogen-bond acceptors (Lipinski definition) is 3. The van der Waals surface area contributed by atoms with E-state index in [4.69, 9.17) is 10.00 Å². The lowest BCUT2D eigenvalue weighted by molar-refractivity contribution is 0.343. The van der Waals surface area contributed by atoms with Crippen molar-refractivity contribution in [2.75, 3.05) is 12.4 Å². The summed E-state index contributed by atoms with van der Waals surface area (Å²) in [5.41, 5.74) is 0.604. The van der Waals surface area contributed by atoms with Crippen LogP contribution in [0.4, 0.5) is 0 Å². The van der Waals surface area contributed by atoms with Crippen molar-refractivity contribution < 1.29 is 4.74 Å². The average Bonchev–Trinajstić information content (AvgIpc) is 2.24. The number of para-hydroxylation sites is 1.